The molecule has 0 amide bonds. The molecule has 1 aromatic heterocycles. The van der Waals surface area contributed by atoms with Crippen LogP contribution in [-0.2, 0) is 16.7 Å². The van der Waals surface area contributed by atoms with E-state index in [1.54, 1.807) is 0 Å². The molecular formula is C11H19N5O2S2. The lowest BCUT2D eigenvalue weighted by atomic mass is 10.4. The van der Waals surface area contributed by atoms with Gasteiger partial charge in [0.05, 0.1) is 12.9 Å². The number of hydrogen-bond donors (Lipinski definition) is 0. The molecule has 1 aliphatic carbocycles. The number of piperazine rings is 1. The number of aromatic nitrogens is 3. The van der Waals surface area contributed by atoms with Crippen LogP contribution in [0.15, 0.2) is 6.33 Å². The molecular weight excluding hydrogens is 298 g/mol. The maximum absolute atomic E-state index is 11.5. The van der Waals surface area contributed by atoms with Crippen LogP contribution in [0, 0.1) is 4.77 Å². The fraction of sp³-hybridized carbons (Fsp3) is 0.818. The standard InChI is InChI=1S/C11H19N5O2S2/c1-20(17,18)14-6-4-13(5-7-14)9-16-11(19)15(8-12-16)10-2-3-10/h8,10H,2-7,9H2,1H3. The molecule has 9 heteroatoms. The first-order valence-corrected chi connectivity index (χ1v) is 9.02. The van der Waals surface area contributed by atoms with E-state index in [4.69, 9.17) is 12.2 Å². The Morgan fingerprint density at radius 2 is 1.95 bits per heavy atom. The van der Waals surface area contributed by atoms with E-state index in [1.165, 1.54) is 23.4 Å². The van der Waals surface area contributed by atoms with Crippen molar-refractivity contribution in [1.82, 2.24) is 23.6 Å². The Morgan fingerprint density at radius 3 is 2.50 bits per heavy atom. The van der Waals surface area contributed by atoms with Crippen LogP contribution >= 0.6 is 12.2 Å². The molecule has 2 heterocycles. The summed E-state index contributed by atoms with van der Waals surface area (Å²) in [6, 6.07) is 0.540. The van der Waals surface area contributed by atoms with Crippen molar-refractivity contribution in [3.05, 3.63) is 11.1 Å². The second-order valence-electron chi connectivity index (χ2n) is 5.47. The Morgan fingerprint density at radius 1 is 1.30 bits per heavy atom. The normalized spacial score (nSPS) is 22.2. The average Bonchev–Trinajstić information content (AvgIpc) is 3.16. The fourth-order valence-electron chi connectivity index (χ4n) is 2.44. The van der Waals surface area contributed by atoms with Crippen molar-refractivity contribution < 1.29 is 8.42 Å². The smallest absolute Gasteiger partial charge is 0.211 e. The van der Waals surface area contributed by atoms with Gasteiger partial charge in [-0.1, -0.05) is 0 Å². The van der Waals surface area contributed by atoms with Gasteiger partial charge in [0.2, 0.25) is 10.0 Å². The first-order chi connectivity index (χ1) is 9.45. The second-order valence-corrected chi connectivity index (χ2v) is 7.82. The summed E-state index contributed by atoms with van der Waals surface area (Å²) in [4.78, 5) is 2.18. The van der Waals surface area contributed by atoms with Gasteiger partial charge in [-0.15, -0.1) is 0 Å². The van der Waals surface area contributed by atoms with Gasteiger partial charge in [0, 0.05) is 32.2 Å². The maximum atomic E-state index is 11.5. The van der Waals surface area contributed by atoms with Crippen molar-refractivity contribution >= 4 is 22.2 Å². The average molecular weight is 317 g/mol. The Bertz CT molecular complexity index is 638. The molecule has 0 bridgehead atoms. The summed E-state index contributed by atoms with van der Waals surface area (Å²) in [5.74, 6) is 0. The number of sulfonamides is 1. The third-order valence-electron chi connectivity index (χ3n) is 3.83. The monoisotopic (exact) mass is 317 g/mol. The van der Waals surface area contributed by atoms with E-state index in [0.717, 1.165) is 4.77 Å². The summed E-state index contributed by atoms with van der Waals surface area (Å²) in [6.45, 7) is 3.14. The molecule has 112 valence electrons. The maximum Gasteiger partial charge on any atom is 0.211 e. The van der Waals surface area contributed by atoms with Crippen molar-refractivity contribution in [1.29, 1.82) is 0 Å². The molecule has 1 aromatic rings. The van der Waals surface area contributed by atoms with Gasteiger partial charge in [-0.2, -0.15) is 9.40 Å². The minimum atomic E-state index is -3.07. The van der Waals surface area contributed by atoms with Gasteiger partial charge in [0.25, 0.3) is 0 Å². The lowest BCUT2D eigenvalue weighted by Gasteiger charge is -2.32. The second kappa shape index (κ2) is 5.21. The zero-order chi connectivity index (χ0) is 14.3. The first-order valence-electron chi connectivity index (χ1n) is 6.76. The van der Waals surface area contributed by atoms with E-state index in [2.05, 4.69) is 14.6 Å². The Labute approximate surface area is 123 Å². The molecule has 0 aromatic carbocycles. The van der Waals surface area contributed by atoms with Crippen LogP contribution < -0.4 is 0 Å². The third-order valence-corrected chi connectivity index (χ3v) is 5.56. The van der Waals surface area contributed by atoms with Gasteiger partial charge in [0.1, 0.15) is 6.33 Å². The van der Waals surface area contributed by atoms with Crippen molar-refractivity contribution in [2.45, 2.75) is 25.6 Å². The molecule has 1 saturated heterocycles. The molecule has 2 aliphatic rings. The van der Waals surface area contributed by atoms with Crippen LogP contribution in [0.1, 0.15) is 18.9 Å². The summed E-state index contributed by atoms with van der Waals surface area (Å²) in [7, 11) is -3.07. The predicted molar refractivity (Wildman–Crippen MR) is 77.3 cm³/mol. The third kappa shape index (κ3) is 2.95. The van der Waals surface area contributed by atoms with Crippen LogP contribution in [0.4, 0.5) is 0 Å². The number of hydrogen-bond acceptors (Lipinski definition) is 5. The van der Waals surface area contributed by atoms with Crippen LogP contribution in [-0.4, -0.2) is 64.4 Å². The van der Waals surface area contributed by atoms with Crippen LogP contribution in [0.3, 0.4) is 0 Å². The van der Waals surface area contributed by atoms with Crippen molar-refractivity contribution in [3.63, 3.8) is 0 Å². The fourth-order valence-corrected chi connectivity index (χ4v) is 3.57. The minimum absolute atomic E-state index is 0.537. The molecule has 7 nitrogen and oxygen atoms in total. The summed E-state index contributed by atoms with van der Waals surface area (Å²) >= 11 is 5.42. The molecule has 20 heavy (non-hydrogen) atoms. The molecule has 3 rings (SSSR count). The van der Waals surface area contributed by atoms with Gasteiger partial charge in [-0.3, -0.25) is 4.90 Å². The molecule has 0 spiro atoms. The topological polar surface area (TPSA) is 63.4 Å². The molecule has 0 atom stereocenters. The van der Waals surface area contributed by atoms with E-state index in [1.807, 2.05) is 11.0 Å². The molecule has 1 aliphatic heterocycles. The van der Waals surface area contributed by atoms with Gasteiger partial charge in [-0.05, 0) is 25.1 Å². The lowest BCUT2D eigenvalue weighted by molar-refractivity contribution is 0.145. The van der Waals surface area contributed by atoms with Crippen LogP contribution in [0.5, 0.6) is 0 Å². The summed E-state index contributed by atoms with van der Waals surface area (Å²) < 4.78 is 29.1. The quantitative estimate of drug-likeness (QED) is 0.747. The molecule has 0 radical (unpaired) electrons. The molecule has 2 fully saturated rings. The van der Waals surface area contributed by atoms with Gasteiger partial charge >= 0.3 is 0 Å². The zero-order valence-corrected chi connectivity index (χ0v) is 13.1. The largest absolute Gasteiger partial charge is 0.303 e. The highest BCUT2D eigenvalue weighted by Gasteiger charge is 2.26. The van der Waals surface area contributed by atoms with Crippen molar-refractivity contribution in [2.75, 3.05) is 32.4 Å². The highest BCUT2D eigenvalue weighted by Crippen LogP contribution is 2.34. The van der Waals surface area contributed by atoms with Gasteiger partial charge in [0.15, 0.2) is 4.77 Å². The van der Waals surface area contributed by atoms with Crippen LogP contribution in [0.25, 0.3) is 0 Å². The molecule has 0 unspecified atom stereocenters. The highest BCUT2D eigenvalue weighted by molar-refractivity contribution is 7.88. The Balaban J connectivity index is 1.61. The van der Waals surface area contributed by atoms with Gasteiger partial charge in [-0.25, -0.2) is 13.1 Å². The zero-order valence-electron chi connectivity index (χ0n) is 11.5. The van der Waals surface area contributed by atoms with Crippen molar-refractivity contribution in [2.24, 2.45) is 0 Å². The summed E-state index contributed by atoms with van der Waals surface area (Å²) in [6.07, 6.45) is 5.45. The van der Waals surface area contributed by atoms with Crippen LogP contribution in [0.2, 0.25) is 0 Å². The van der Waals surface area contributed by atoms with E-state index in [9.17, 15) is 8.42 Å². The summed E-state index contributed by atoms with van der Waals surface area (Å²) in [5, 5.41) is 4.34. The number of rotatable bonds is 4. The Hall–Kier alpha value is -0.770. The number of nitrogens with zero attached hydrogens (tertiary/aromatic N) is 5. The Kier molecular flexibility index (Phi) is 3.69. The van der Waals surface area contributed by atoms with Crippen molar-refractivity contribution in [3.8, 4) is 0 Å². The van der Waals surface area contributed by atoms with E-state index < -0.39 is 10.0 Å². The van der Waals surface area contributed by atoms with E-state index in [-0.39, 0.29) is 0 Å². The molecule has 0 N–H and O–H groups in total. The summed E-state index contributed by atoms with van der Waals surface area (Å²) in [5.41, 5.74) is 0. The van der Waals surface area contributed by atoms with Gasteiger partial charge < -0.3 is 4.57 Å². The predicted octanol–water partition coefficient (Wildman–Crippen LogP) is 0.284. The van der Waals surface area contributed by atoms with E-state index >= 15 is 0 Å². The SMILES string of the molecule is CS(=O)(=O)N1CCN(Cn2ncn(C3CC3)c2=S)CC1. The highest BCUT2D eigenvalue weighted by atomic mass is 32.2. The molecule has 1 saturated carbocycles. The van der Waals surface area contributed by atoms with E-state index in [0.29, 0.717) is 38.9 Å². The lowest BCUT2D eigenvalue weighted by Crippen LogP contribution is -2.48. The minimum Gasteiger partial charge on any atom is -0.303 e. The first kappa shape index (κ1) is 14.2.